The summed E-state index contributed by atoms with van der Waals surface area (Å²) in [6, 6.07) is 0. The molecule has 0 spiro atoms. The minimum Gasteiger partial charge on any atom is -0.481 e. The van der Waals surface area contributed by atoms with E-state index in [1.54, 1.807) is 0 Å². The van der Waals surface area contributed by atoms with Crippen LogP contribution in [0.25, 0.3) is 0 Å². The Balaban J connectivity index is 0.000000280. The molecule has 1 heterocycles. The van der Waals surface area contributed by atoms with Crippen molar-refractivity contribution in [3.63, 3.8) is 0 Å². The fourth-order valence-corrected chi connectivity index (χ4v) is 0.526. The number of carboxylic acid groups (broad SMARTS) is 1. The third-order valence-electron chi connectivity index (χ3n) is 1.49. The van der Waals surface area contributed by atoms with Crippen molar-refractivity contribution in [2.75, 3.05) is 13.2 Å². The molecule has 0 aliphatic carbocycles. The minimum absolute atomic E-state index is 0.0954. The maximum Gasteiger partial charge on any atom is 0.305 e. The predicted octanol–water partition coefficient (Wildman–Crippen LogP) is 1.68. The third-order valence-corrected chi connectivity index (χ3v) is 1.49. The number of ether oxygens (including phenoxy) is 2. The molecule has 1 saturated heterocycles. The largest absolute Gasteiger partial charge is 0.481 e. The molecular weight excluding hydrogens is 184 g/mol. The van der Waals surface area contributed by atoms with E-state index in [0.717, 1.165) is 6.61 Å². The molecule has 1 N–H and O–H groups in total. The van der Waals surface area contributed by atoms with Gasteiger partial charge in [-0.1, -0.05) is 0 Å². The molecule has 0 aromatic rings. The smallest absolute Gasteiger partial charge is 0.305 e. The molecule has 0 amide bonds. The van der Waals surface area contributed by atoms with Gasteiger partial charge in [0.05, 0.1) is 31.3 Å². The van der Waals surface area contributed by atoms with Crippen LogP contribution >= 0.6 is 0 Å². The summed E-state index contributed by atoms with van der Waals surface area (Å²) in [6.07, 6.45) is 0.224. The monoisotopic (exact) mass is 204 g/mol. The Morgan fingerprint density at radius 1 is 1.57 bits per heavy atom. The van der Waals surface area contributed by atoms with Crippen LogP contribution in [0.5, 0.6) is 0 Å². The molecule has 14 heavy (non-hydrogen) atoms. The van der Waals surface area contributed by atoms with Crippen molar-refractivity contribution in [1.29, 1.82) is 0 Å². The van der Waals surface area contributed by atoms with Gasteiger partial charge in [0.1, 0.15) is 0 Å². The van der Waals surface area contributed by atoms with Crippen molar-refractivity contribution in [3.05, 3.63) is 0 Å². The van der Waals surface area contributed by atoms with E-state index in [1.807, 2.05) is 13.8 Å². The highest BCUT2D eigenvalue weighted by atomic mass is 16.6. The zero-order chi connectivity index (χ0) is 11.2. The minimum atomic E-state index is -0.810. The molecule has 0 saturated carbocycles. The van der Waals surface area contributed by atoms with Crippen LogP contribution in [0.3, 0.4) is 0 Å². The molecule has 0 aromatic heterocycles. The second kappa shape index (κ2) is 5.98. The summed E-state index contributed by atoms with van der Waals surface area (Å²) < 4.78 is 9.87. The zero-order valence-electron chi connectivity index (χ0n) is 9.37. The lowest BCUT2D eigenvalue weighted by atomic mass is 10.3. The molecule has 84 valence electrons. The maximum atomic E-state index is 9.90. The van der Waals surface area contributed by atoms with Gasteiger partial charge in [0.2, 0.25) is 0 Å². The Bertz CT molecular complexity index is 169. The van der Waals surface area contributed by atoms with Crippen molar-refractivity contribution in [3.8, 4) is 0 Å². The molecule has 0 atom stereocenters. The number of hydrogen-bond acceptors (Lipinski definition) is 3. The van der Waals surface area contributed by atoms with Crippen molar-refractivity contribution in [2.24, 2.45) is 0 Å². The molecule has 0 aromatic carbocycles. The van der Waals surface area contributed by atoms with Crippen LogP contribution in [-0.2, 0) is 14.3 Å². The van der Waals surface area contributed by atoms with Crippen LogP contribution in [0.2, 0.25) is 0 Å². The van der Waals surface area contributed by atoms with Gasteiger partial charge in [-0.05, 0) is 27.7 Å². The van der Waals surface area contributed by atoms with Gasteiger partial charge >= 0.3 is 5.97 Å². The highest BCUT2D eigenvalue weighted by Gasteiger charge is 2.32. The molecular formula is C10H20O4. The van der Waals surface area contributed by atoms with Gasteiger partial charge in [-0.25, -0.2) is 0 Å². The summed E-state index contributed by atoms with van der Waals surface area (Å²) in [4.78, 5) is 9.90. The SMILES string of the molecule is CC(C)OCCC(=O)O.CC1(C)CO1. The number of aliphatic carboxylic acids is 1. The van der Waals surface area contributed by atoms with Gasteiger partial charge in [-0.15, -0.1) is 0 Å². The van der Waals surface area contributed by atoms with E-state index in [0.29, 0.717) is 6.61 Å². The van der Waals surface area contributed by atoms with Gasteiger partial charge in [-0.2, -0.15) is 0 Å². The lowest BCUT2D eigenvalue weighted by molar-refractivity contribution is -0.138. The van der Waals surface area contributed by atoms with E-state index in [-0.39, 0.29) is 18.1 Å². The highest BCUT2D eigenvalue weighted by Crippen LogP contribution is 2.23. The van der Waals surface area contributed by atoms with E-state index in [9.17, 15) is 4.79 Å². The molecule has 1 aliphatic heterocycles. The van der Waals surface area contributed by atoms with E-state index in [4.69, 9.17) is 14.6 Å². The van der Waals surface area contributed by atoms with E-state index < -0.39 is 5.97 Å². The second-order valence-electron chi connectivity index (χ2n) is 4.11. The lowest BCUT2D eigenvalue weighted by Gasteiger charge is -2.03. The standard InChI is InChI=1S/C6H12O3.C4H8O/c1-5(2)9-4-3-6(7)8;1-4(2)3-5-4/h5H,3-4H2,1-2H3,(H,7,8);3H2,1-2H3. The van der Waals surface area contributed by atoms with Crippen molar-refractivity contribution >= 4 is 5.97 Å². The van der Waals surface area contributed by atoms with Gasteiger partial charge in [0.15, 0.2) is 0 Å². The number of epoxide rings is 1. The highest BCUT2D eigenvalue weighted by molar-refractivity contribution is 5.66. The maximum absolute atomic E-state index is 9.90. The number of carbonyl (C=O) groups is 1. The molecule has 4 heteroatoms. The first-order valence-corrected chi connectivity index (χ1v) is 4.81. The number of hydrogen-bond donors (Lipinski definition) is 1. The molecule has 4 nitrogen and oxygen atoms in total. The molecule has 0 bridgehead atoms. The molecule has 0 unspecified atom stereocenters. The summed E-state index contributed by atoms with van der Waals surface area (Å²) in [5, 5.41) is 8.15. The molecule has 1 fully saturated rings. The summed E-state index contributed by atoms with van der Waals surface area (Å²) in [5.74, 6) is -0.810. The first-order valence-electron chi connectivity index (χ1n) is 4.81. The molecule has 1 aliphatic rings. The Morgan fingerprint density at radius 3 is 2.21 bits per heavy atom. The Kier molecular flexibility index (Phi) is 5.72. The zero-order valence-corrected chi connectivity index (χ0v) is 9.37. The average molecular weight is 204 g/mol. The second-order valence-corrected chi connectivity index (χ2v) is 4.11. The lowest BCUT2D eigenvalue weighted by Crippen LogP contribution is -2.07. The van der Waals surface area contributed by atoms with Crippen LogP contribution in [0.1, 0.15) is 34.1 Å². The Hall–Kier alpha value is -0.610. The average Bonchev–Trinajstić information content (AvgIpc) is 2.65. The van der Waals surface area contributed by atoms with Crippen LogP contribution in [0.15, 0.2) is 0 Å². The van der Waals surface area contributed by atoms with Crippen LogP contribution in [0.4, 0.5) is 0 Å². The summed E-state index contributed by atoms with van der Waals surface area (Å²) in [7, 11) is 0. The molecule has 1 rings (SSSR count). The Morgan fingerprint density at radius 2 is 2.00 bits per heavy atom. The quantitative estimate of drug-likeness (QED) is 0.708. The molecule has 0 radical (unpaired) electrons. The third kappa shape index (κ3) is 11.4. The van der Waals surface area contributed by atoms with E-state index in [2.05, 4.69) is 13.8 Å². The first-order chi connectivity index (χ1) is 6.33. The van der Waals surface area contributed by atoms with Crippen molar-refractivity contribution in [1.82, 2.24) is 0 Å². The van der Waals surface area contributed by atoms with E-state index >= 15 is 0 Å². The topological polar surface area (TPSA) is 59.1 Å². The van der Waals surface area contributed by atoms with Crippen LogP contribution in [0, 0.1) is 0 Å². The normalized spacial score (nSPS) is 17.2. The fraction of sp³-hybridized carbons (Fsp3) is 0.900. The predicted molar refractivity (Wildman–Crippen MR) is 53.4 cm³/mol. The Labute approximate surface area is 85.2 Å². The van der Waals surface area contributed by atoms with Crippen LogP contribution in [-0.4, -0.2) is 36.0 Å². The van der Waals surface area contributed by atoms with Crippen LogP contribution < -0.4 is 0 Å². The number of carboxylic acids is 1. The number of rotatable bonds is 4. The van der Waals surface area contributed by atoms with Gasteiger partial charge in [-0.3, -0.25) is 4.79 Å². The summed E-state index contributed by atoms with van der Waals surface area (Å²) >= 11 is 0. The summed E-state index contributed by atoms with van der Waals surface area (Å²) in [6.45, 7) is 9.17. The van der Waals surface area contributed by atoms with Crippen molar-refractivity contribution in [2.45, 2.75) is 45.8 Å². The van der Waals surface area contributed by atoms with Gasteiger partial charge in [0.25, 0.3) is 0 Å². The van der Waals surface area contributed by atoms with E-state index in [1.165, 1.54) is 0 Å². The summed E-state index contributed by atoms with van der Waals surface area (Å²) in [5.41, 5.74) is 0.250. The van der Waals surface area contributed by atoms with Gasteiger partial charge in [0, 0.05) is 0 Å². The fourth-order valence-electron chi connectivity index (χ4n) is 0.526. The van der Waals surface area contributed by atoms with Gasteiger partial charge < -0.3 is 14.6 Å². The van der Waals surface area contributed by atoms with Crippen molar-refractivity contribution < 1.29 is 19.4 Å². The first kappa shape index (κ1) is 13.4.